The minimum atomic E-state index is -4.47. The van der Waals surface area contributed by atoms with Crippen LogP contribution in [0.3, 0.4) is 0 Å². The summed E-state index contributed by atoms with van der Waals surface area (Å²) in [7, 11) is 0. The van der Waals surface area contributed by atoms with Crippen molar-refractivity contribution in [2.45, 2.75) is 58.0 Å². The quantitative estimate of drug-likeness (QED) is 0.425. The SMILES string of the molecule is C=C1N2C=C(CN3CCC[C@H](C)C3)C=C(C(F)(F)F)C2=CN1c1cccc(C(c2[nH]ncc2C)C2CCC2)c1. The van der Waals surface area contributed by atoms with Gasteiger partial charge >= 0.3 is 6.18 Å². The van der Waals surface area contributed by atoms with Gasteiger partial charge in [0.1, 0.15) is 5.82 Å². The summed E-state index contributed by atoms with van der Waals surface area (Å²) >= 11 is 0. The van der Waals surface area contributed by atoms with Crippen molar-refractivity contribution in [3.05, 3.63) is 95.0 Å². The molecule has 1 saturated carbocycles. The molecule has 206 valence electrons. The highest BCUT2D eigenvalue weighted by Crippen LogP contribution is 2.46. The Balaban J connectivity index is 1.32. The molecule has 0 bridgehead atoms. The van der Waals surface area contributed by atoms with Crippen molar-refractivity contribution in [1.29, 1.82) is 0 Å². The zero-order valence-corrected chi connectivity index (χ0v) is 22.6. The van der Waals surface area contributed by atoms with Crippen LogP contribution in [-0.2, 0) is 0 Å². The number of aromatic nitrogens is 2. The number of nitrogens with zero attached hydrogens (tertiary/aromatic N) is 4. The Kier molecular flexibility index (Phi) is 6.69. The molecule has 39 heavy (non-hydrogen) atoms. The summed E-state index contributed by atoms with van der Waals surface area (Å²) in [5.41, 5.74) is 4.35. The van der Waals surface area contributed by atoms with E-state index in [2.05, 4.69) is 47.7 Å². The summed E-state index contributed by atoms with van der Waals surface area (Å²) in [4.78, 5) is 5.66. The number of allylic oxidation sites excluding steroid dienone is 1. The zero-order chi connectivity index (χ0) is 27.3. The topological polar surface area (TPSA) is 38.4 Å². The molecule has 4 aliphatic rings. The zero-order valence-electron chi connectivity index (χ0n) is 22.6. The molecule has 0 amide bonds. The third kappa shape index (κ3) is 4.95. The van der Waals surface area contributed by atoms with E-state index in [1.807, 2.05) is 24.5 Å². The highest BCUT2D eigenvalue weighted by molar-refractivity contribution is 5.64. The van der Waals surface area contributed by atoms with Crippen LogP contribution in [0.4, 0.5) is 18.9 Å². The highest BCUT2D eigenvalue weighted by Gasteiger charge is 2.43. The van der Waals surface area contributed by atoms with Gasteiger partial charge in [0.05, 0.1) is 17.5 Å². The normalized spacial score (nSPS) is 23.3. The molecule has 4 heterocycles. The number of H-pyrrole nitrogens is 1. The Labute approximate surface area is 228 Å². The lowest BCUT2D eigenvalue weighted by Gasteiger charge is -2.34. The van der Waals surface area contributed by atoms with E-state index >= 15 is 0 Å². The largest absolute Gasteiger partial charge is 0.418 e. The van der Waals surface area contributed by atoms with E-state index in [0.29, 0.717) is 29.8 Å². The maximum Gasteiger partial charge on any atom is 0.418 e. The first-order valence-corrected chi connectivity index (χ1v) is 14.0. The first-order valence-electron chi connectivity index (χ1n) is 14.0. The molecular weight excluding hydrogens is 499 g/mol. The van der Waals surface area contributed by atoms with Gasteiger partial charge in [0.25, 0.3) is 0 Å². The van der Waals surface area contributed by atoms with Crippen LogP contribution < -0.4 is 4.90 Å². The molecule has 1 N–H and O–H groups in total. The predicted octanol–water partition coefficient (Wildman–Crippen LogP) is 7.20. The number of fused-ring (bicyclic) bond motifs is 1. The van der Waals surface area contributed by atoms with Crippen LogP contribution in [0.1, 0.15) is 61.8 Å². The van der Waals surface area contributed by atoms with Crippen molar-refractivity contribution in [2.24, 2.45) is 11.8 Å². The number of hydrogen-bond donors (Lipinski definition) is 1. The lowest BCUT2D eigenvalue weighted by molar-refractivity contribution is -0.0909. The third-order valence-corrected chi connectivity index (χ3v) is 8.73. The second-order valence-electron chi connectivity index (χ2n) is 11.6. The van der Waals surface area contributed by atoms with Crippen LogP contribution in [0.25, 0.3) is 0 Å². The summed E-state index contributed by atoms with van der Waals surface area (Å²) < 4.78 is 42.9. The number of nitrogens with one attached hydrogen (secondary N) is 1. The van der Waals surface area contributed by atoms with E-state index in [0.717, 1.165) is 54.9 Å². The Hall–Kier alpha value is -3.26. The molecule has 2 atom stereocenters. The van der Waals surface area contributed by atoms with E-state index < -0.39 is 11.7 Å². The van der Waals surface area contributed by atoms with E-state index in [-0.39, 0.29) is 11.6 Å². The molecule has 0 spiro atoms. The molecule has 6 rings (SSSR count). The Bertz CT molecular complexity index is 1350. The van der Waals surface area contributed by atoms with Crippen LogP contribution >= 0.6 is 0 Å². The molecule has 1 unspecified atom stereocenters. The van der Waals surface area contributed by atoms with Crippen molar-refractivity contribution in [1.82, 2.24) is 20.0 Å². The van der Waals surface area contributed by atoms with Gasteiger partial charge in [0.2, 0.25) is 0 Å². The van der Waals surface area contributed by atoms with Crippen LogP contribution in [0.15, 0.2) is 78.2 Å². The number of aromatic amines is 1. The van der Waals surface area contributed by atoms with Crippen LogP contribution in [0, 0.1) is 18.8 Å². The Morgan fingerprint density at radius 2 is 1.95 bits per heavy atom. The molecule has 1 aromatic carbocycles. The molecule has 8 heteroatoms. The highest BCUT2D eigenvalue weighted by atomic mass is 19.4. The number of likely N-dealkylation sites (tertiary alicyclic amines) is 1. The molecule has 1 aromatic heterocycles. The summed E-state index contributed by atoms with van der Waals surface area (Å²) in [6.45, 7) is 10.8. The van der Waals surface area contributed by atoms with E-state index in [1.54, 1.807) is 16.0 Å². The Morgan fingerprint density at radius 3 is 2.62 bits per heavy atom. The first kappa shape index (κ1) is 26.0. The van der Waals surface area contributed by atoms with Gasteiger partial charge in [-0.1, -0.05) is 32.1 Å². The monoisotopic (exact) mass is 535 g/mol. The van der Waals surface area contributed by atoms with Gasteiger partial charge in [-0.15, -0.1) is 0 Å². The lowest BCUT2D eigenvalue weighted by atomic mass is 9.71. The summed E-state index contributed by atoms with van der Waals surface area (Å²) in [6.07, 6.45) is 7.90. The number of benzene rings is 1. The average molecular weight is 536 g/mol. The average Bonchev–Trinajstić information content (AvgIpc) is 3.43. The molecule has 2 aromatic rings. The van der Waals surface area contributed by atoms with Gasteiger partial charge in [0, 0.05) is 42.8 Å². The Morgan fingerprint density at radius 1 is 1.13 bits per heavy atom. The number of hydrogen-bond acceptors (Lipinski definition) is 4. The standard InChI is InChI=1S/C31H36F3N5/c1-20-7-6-12-37(16-20)17-23-13-27(31(32,33)34)28-19-38(22(3)39(28)18-23)26-11-5-10-25(14-26)29(24-8-4-9-24)30-21(2)15-35-36-30/h5,10-11,13-15,18-20,24,29H,3-4,6-9,12,16-17H2,1-2H3,(H,35,36)/t20-,29?/m0/s1. The van der Waals surface area contributed by atoms with Crippen molar-refractivity contribution >= 4 is 5.69 Å². The molecule has 0 radical (unpaired) electrons. The van der Waals surface area contributed by atoms with Gasteiger partial charge < -0.3 is 9.80 Å². The predicted molar refractivity (Wildman–Crippen MR) is 148 cm³/mol. The fourth-order valence-electron chi connectivity index (χ4n) is 6.53. The molecular formula is C31H36F3N5. The van der Waals surface area contributed by atoms with Crippen LogP contribution in [-0.4, -0.2) is 45.8 Å². The number of aryl methyl sites for hydroxylation is 1. The second-order valence-corrected chi connectivity index (χ2v) is 11.6. The number of rotatable bonds is 6. The molecule has 5 nitrogen and oxygen atoms in total. The van der Waals surface area contributed by atoms with Crippen molar-refractivity contribution in [2.75, 3.05) is 24.5 Å². The van der Waals surface area contributed by atoms with Crippen molar-refractivity contribution in [3.63, 3.8) is 0 Å². The number of piperidine rings is 1. The van der Waals surface area contributed by atoms with Gasteiger partial charge in [-0.25, -0.2) is 0 Å². The van der Waals surface area contributed by atoms with E-state index in [1.165, 1.54) is 18.9 Å². The number of anilines is 1. The lowest BCUT2D eigenvalue weighted by Crippen LogP contribution is -2.36. The smallest absolute Gasteiger partial charge is 0.301 e. The third-order valence-electron chi connectivity index (χ3n) is 8.73. The minimum Gasteiger partial charge on any atom is -0.301 e. The second kappa shape index (κ2) is 10.0. The summed E-state index contributed by atoms with van der Waals surface area (Å²) in [5.74, 6) is 1.76. The van der Waals surface area contributed by atoms with Crippen molar-refractivity contribution < 1.29 is 13.2 Å². The molecule has 2 fully saturated rings. The van der Waals surface area contributed by atoms with E-state index in [9.17, 15) is 13.2 Å². The number of halogens is 3. The van der Waals surface area contributed by atoms with Crippen molar-refractivity contribution in [3.8, 4) is 0 Å². The van der Waals surface area contributed by atoms with Gasteiger partial charge in [-0.3, -0.25) is 10.00 Å². The van der Waals surface area contributed by atoms with Crippen LogP contribution in [0.2, 0.25) is 0 Å². The fourth-order valence-corrected chi connectivity index (χ4v) is 6.53. The van der Waals surface area contributed by atoms with E-state index in [4.69, 9.17) is 0 Å². The maximum absolute atomic E-state index is 14.3. The summed E-state index contributed by atoms with van der Waals surface area (Å²) in [6, 6.07) is 8.15. The minimum absolute atomic E-state index is 0.119. The fraction of sp³-hybridized carbons (Fsp3) is 0.452. The summed E-state index contributed by atoms with van der Waals surface area (Å²) in [5, 5.41) is 7.48. The molecule has 3 aliphatic heterocycles. The van der Waals surface area contributed by atoms with Crippen LogP contribution in [0.5, 0.6) is 0 Å². The van der Waals surface area contributed by atoms with Gasteiger partial charge in [-0.2, -0.15) is 18.3 Å². The number of alkyl halides is 3. The van der Waals surface area contributed by atoms with Gasteiger partial charge in [0.15, 0.2) is 0 Å². The first-order chi connectivity index (χ1) is 18.7. The maximum atomic E-state index is 14.3. The molecule has 1 saturated heterocycles. The molecule has 1 aliphatic carbocycles. The van der Waals surface area contributed by atoms with Gasteiger partial charge in [-0.05, 0) is 85.9 Å².